The van der Waals surface area contributed by atoms with Crippen LogP contribution in [-0.4, -0.2) is 22.7 Å². The maximum absolute atomic E-state index is 11.1. The number of rotatable bonds is 4. The lowest BCUT2D eigenvalue weighted by atomic mass is 10.1. The lowest BCUT2D eigenvalue weighted by molar-refractivity contribution is -0.168. The van der Waals surface area contributed by atoms with Crippen LogP contribution in [0.4, 0.5) is 0 Å². The first-order chi connectivity index (χ1) is 6.13. The summed E-state index contributed by atoms with van der Waals surface area (Å²) in [6, 6.07) is 0. The molecule has 0 aromatic rings. The fraction of sp³-hybridized carbons (Fsp3) is 0.900. The molecule has 0 aliphatic carbocycles. The Bertz CT molecular complexity index is 126. The smallest absolute Gasteiger partial charge is 0.248 e. The Kier molecular flexibility index (Phi) is 10.9. The Labute approximate surface area is 81.7 Å². The summed E-state index contributed by atoms with van der Waals surface area (Å²) in [5.74, 6) is -0.223. The molecule has 1 atom stereocenters. The van der Waals surface area contributed by atoms with E-state index in [9.17, 15) is 4.79 Å². The fourth-order valence-electron chi connectivity index (χ4n) is 0.967. The van der Waals surface area contributed by atoms with Crippen molar-refractivity contribution in [1.82, 2.24) is 5.06 Å². The van der Waals surface area contributed by atoms with Gasteiger partial charge in [-0.05, 0) is 13.3 Å². The first kappa shape index (κ1) is 14.9. The maximum Gasteiger partial charge on any atom is 0.248 e. The highest BCUT2D eigenvalue weighted by Gasteiger charge is 2.16. The van der Waals surface area contributed by atoms with E-state index in [1.807, 2.05) is 27.7 Å². The van der Waals surface area contributed by atoms with Crippen molar-refractivity contribution in [2.45, 2.75) is 47.5 Å². The Morgan fingerprint density at radius 2 is 1.85 bits per heavy atom. The number of carbonyl (C=O) groups is 1. The number of hydrogen-bond acceptors (Lipinski definition) is 2. The molecule has 0 aliphatic rings. The maximum atomic E-state index is 11.1. The molecule has 0 heterocycles. The van der Waals surface area contributed by atoms with E-state index >= 15 is 0 Å². The number of carbonyl (C=O) groups excluding carboxylic acids is 1. The molecule has 0 saturated heterocycles. The lowest BCUT2D eigenvalue weighted by Gasteiger charge is -2.16. The van der Waals surface area contributed by atoms with Gasteiger partial charge in [-0.25, -0.2) is 5.06 Å². The first-order valence-corrected chi connectivity index (χ1v) is 5.13. The van der Waals surface area contributed by atoms with Crippen molar-refractivity contribution < 1.29 is 10.0 Å². The zero-order chi connectivity index (χ0) is 10.9. The second-order valence-electron chi connectivity index (χ2n) is 2.74. The van der Waals surface area contributed by atoms with E-state index in [-0.39, 0.29) is 11.8 Å². The Hall–Kier alpha value is -0.570. The van der Waals surface area contributed by atoms with E-state index in [2.05, 4.69) is 0 Å². The van der Waals surface area contributed by atoms with Gasteiger partial charge in [-0.15, -0.1) is 0 Å². The molecule has 0 bridgehead atoms. The summed E-state index contributed by atoms with van der Waals surface area (Å²) in [6.07, 6.45) is 1.82. The third kappa shape index (κ3) is 6.58. The van der Waals surface area contributed by atoms with Crippen molar-refractivity contribution in [2.24, 2.45) is 5.92 Å². The zero-order valence-corrected chi connectivity index (χ0v) is 9.50. The minimum Gasteiger partial charge on any atom is -0.286 e. The van der Waals surface area contributed by atoms with Crippen LogP contribution in [0.1, 0.15) is 47.5 Å². The molecule has 0 aromatic heterocycles. The van der Waals surface area contributed by atoms with Crippen molar-refractivity contribution in [3.63, 3.8) is 0 Å². The van der Waals surface area contributed by atoms with Gasteiger partial charge >= 0.3 is 0 Å². The van der Waals surface area contributed by atoms with Crippen LogP contribution in [0.25, 0.3) is 0 Å². The molecule has 3 nitrogen and oxygen atoms in total. The minimum absolute atomic E-state index is 0.0510. The minimum atomic E-state index is -0.172. The summed E-state index contributed by atoms with van der Waals surface area (Å²) in [5.41, 5.74) is 0. The summed E-state index contributed by atoms with van der Waals surface area (Å²) in [7, 11) is 0. The van der Waals surface area contributed by atoms with Gasteiger partial charge in [0.25, 0.3) is 0 Å². The third-order valence-corrected chi connectivity index (χ3v) is 1.70. The van der Waals surface area contributed by atoms with E-state index in [1.54, 1.807) is 6.92 Å². The SMILES string of the molecule is CC.CCCC(C)C(=O)N(O)CC. The molecule has 0 saturated carbocycles. The van der Waals surface area contributed by atoms with Crippen molar-refractivity contribution >= 4 is 5.91 Å². The standard InChI is InChI=1S/C8H17NO2.C2H6/c1-4-6-7(3)8(10)9(11)5-2;1-2/h7,11H,4-6H2,1-3H3;1-2H3. The molecule has 1 amide bonds. The van der Waals surface area contributed by atoms with E-state index in [4.69, 9.17) is 5.21 Å². The average Bonchev–Trinajstić information content (AvgIpc) is 2.19. The molecule has 0 fully saturated rings. The van der Waals surface area contributed by atoms with E-state index < -0.39 is 0 Å². The third-order valence-electron chi connectivity index (χ3n) is 1.70. The Balaban J connectivity index is 0. The molecule has 1 N–H and O–H groups in total. The van der Waals surface area contributed by atoms with Crippen LogP contribution in [0.3, 0.4) is 0 Å². The van der Waals surface area contributed by atoms with Gasteiger partial charge in [0.05, 0.1) is 0 Å². The highest BCUT2D eigenvalue weighted by Crippen LogP contribution is 2.07. The quantitative estimate of drug-likeness (QED) is 0.545. The zero-order valence-electron chi connectivity index (χ0n) is 9.50. The second-order valence-corrected chi connectivity index (χ2v) is 2.74. The number of hydrogen-bond donors (Lipinski definition) is 1. The molecule has 1 unspecified atom stereocenters. The summed E-state index contributed by atoms with van der Waals surface area (Å²) in [5, 5.41) is 9.79. The normalized spacial score (nSPS) is 11.2. The number of nitrogens with zero attached hydrogens (tertiary/aromatic N) is 1. The molecule has 0 radical (unpaired) electrons. The van der Waals surface area contributed by atoms with Gasteiger partial charge in [0.1, 0.15) is 0 Å². The highest BCUT2D eigenvalue weighted by atomic mass is 16.5. The molecular weight excluding hydrogens is 166 g/mol. The van der Waals surface area contributed by atoms with Crippen LogP contribution >= 0.6 is 0 Å². The number of amides is 1. The van der Waals surface area contributed by atoms with Crippen LogP contribution in [0.2, 0.25) is 0 Å². The monoisotopic (exact) mass is 189 g/mol. The van der Waals surface area contributed by atoms with Gasteiger partial charge in [0.2, 0.25) is 5.91 Å². The van der Waals surface area contributed by atoms with Gasteiger partial charge in [-0.3, -0.25) is 10.0 Å². The summed E-state index contributed by atoms with van der Waals surface area (Å²) < 4.78 is 0. The predicted octanol–water partition coefficient (Wildman–Crippen LogP) is 2.69. The largest absolute Gasteiger partial charge is 0.286 e. The number of hydroxylamine groups is 2. The van der Waals surface area contributed by atoms with Gasteiger partial charge in [-0.1, -0.05) is 34.1 Å². The van der Waals surface area contributed by atoms with Crippen LogP contribution in [-0.2, 0) is 4.79 Å². The molecule has 3 heteroatoms. The van der Waals surface area contributed by atoms with Gasteiger partial charge in [0, 0.05) is 12.5 Å². The second kappa shape index (κ2) is 9.52. The molecule has 0 spiro atoms. The van der Waals surface area contributed by atoms with Crippen molar-refractivity contribution in [3.05, 3.63) is 0 Å². The highest BCUT2D eigenvalue weighted by molar-refractivity contribution is 5.77. The van der Waals surface area contributed by atoms with Crippen molar-refractivity contribution in [1.29, 1.82) is 0 Å². The van der Waals surface area contributed by atoms with Crippen molar-refractivity contribution in [2.75, 3.05) is 6.54 Å². The van der Waals surface area contributed by atoms with Gasteiger partial charge in [-0.2, -0.15) is 0 Å². The van der Waals surface area contributed by atoms with E-state index in [0.29, 0.717) is 6.54 Å². The summed E-state index contributed by atoms with van der Waals surface area (Å²) in [4.78, 5) is 11.1. The topological polar surface area (TPSA) is 40.5 Å². The molecule has 13 heavy (non-hydrogen) atoms. The van der Waals surface area contributed by atoms with Crippen LogP contribution in [0.15, 0.2) is 0 Å². The fourth-order valence-corrected chi connectivity index (χ4v) is 0.967. The molecule has 0 aliphatic heterocycles. The van der Waals surface area contributed by atoms with Crippen LogP contribution in [0, 0.1) is 5.92 Å². The Morgan fingerprint density at radius 1 is 1.38 bits per heavy atom. The first-order valence-electron chi connectivity index (χ1n) is 5.13. The van der Waals surface area contributed by atoms with Crippen LogP contribution in [0.5, 0.6) is 0 Å². The molecule has 0 aromatic carbocycles. The van der Waals surface area contributed by atoms with Crippen LogP contribution < -0.4 is 0 Å². The molecular formula is C10H23NO2. The molecule has 80 valence electrons. The lowest BCUT2D eigenvalue weighted by Crippen LogP contribution is -2.31. The van der Waals surface area contributed by atoms with Gasteiger partial charge in [0.15, 0.2) is 0 Å². The average molecular weight is 189 g/mol. The van der Waals surface area contributed by atoms with Gasteiger partial charge < -0.3 is 0 Å². The van der Waals surface area contributed by atoms with E-state index in [0.717, 1.165) is 17.9 Å². The summed E-state index contributed by atoms with van der Waals surface area (Å²) in [6.45, 7) is 9.98. The van der Waals surface area contributed by atoms with Crippen molar-refractivity contribution in [3.8, 4) is 0 Å². The Morgan fingerprint density at radius 3 is 2.15 bits per heavy atom. The molecule has 0 rings (SSSR count). The summed E-state index contributed by atoms with van der Waals surface area (Å²) >= 11 is 0. The predicted molar refractivity (Wildman–Crippen MR) is 54.6 cm³/mol. The van der Waals surface area contributed by atoms with E-state index in [1.165, 1.54) is 0 Å².